The smallest absolute Gasteiger partial charge is 0.361 e. The first kappa shape index (κ1) is 40.6. The fourth-order valence-electron chi connectivity index (χ4n) is 6.34. The number of rotatable bonds is 0. The number of halogens is 6. The highest BCUT2D eigenvalue weighted by molar-refractivity contribution is 5.86. The Morgan fingerprint density at radius 1 is 0.423 bits per heavy atom. The van der Waals surface area contributed by atoms with Crippen LogP contribution in [-0.4, -0.2) is 15.0 Å². The number of hydrogen-bond donors (Lipinski definition) is 3. The Bertz CT molecular complexity index is 2110. The summed E-state index contributed by atoms with van der Waals surface area (Å²) in [6.07, 6.45) is -3.12. The van der Waals surface area contributed by atoms with Crippen LogP contribution < -0.4 is 0 Å². The summed E-state index contributed by atoms with van der Waals surface area (Å²) in [5.74, 6) is 0. The predicted molar refractivity (Wildman–Crippen MR) is 204 cm³/mol. The Kier molecular flexibility index (Phi) is 10.7. The fourth-order valence-corrected chi connectivity index (χ4v) is 6.34. The van der Waals surface area contributed by atoms with E-state index in [0.717, 1.165) is 16.6 Å². The molecule has 6 rings (SSSR count). The highest BCUT2D eigenvalue weighted by atomic mass is 19.4. The van der Waals surface area contributed by atoms with Crippen molar-refractivity contribution in [2.45, 2.75) is 124 Å². The molecule has 0 aliphatic heterocycles. The molecule has 282 valence electrons. The van der Waals surface area contributed by atoms with Crippen molar-refractivity contribution in [3.63, 3.8) is 0 Å². The number of alkyl halides is 6. The van der Waals surface area contributed by atoms with Gasteiger partial charge in [0, 0.05) is 45.9 Å². The molecule has 3 aromatic heterocycles. The summed E-state index contributed by atoms with van der Waals surface area (Å²) >= 11 is 0. The van der Waals surface area contributed by atoms with Crippen LogP contribution in [-0.2, 0) is 34.0 Å². The highest BCUT2D eigenvalue weighted by Gasteiger charge is 2.38. The molecule has 9 heteroatoms. The first-order valence-corrected chi connectivity index (χ1v) is 17.5. The lowest BCUT2D eigenvalue weighted by molar-refractivity contribution is -0.139. The first-order valence-electron chi connectivity index (χ1n) is 17.5. The number of aryl methyl sites for hydroxylation is 1. The minimum Gasteiger partial charge on any atom is -0.361 e. The third kappa shape index (κ3) is 9.07. The molecule has 0 unspecified atom stereocenters. The van der Waals surface area contributed by atoms with Gasteiger partial charge in [0.1, 0.15) is 0 Å². The van der Waals surface area contributed by atoms with Gasteiger partial charge in [-0.05, 0) is 98.2 Å². The van der Waals surface area contributed by atoms with E-state index >= 15 is 0 Å². The Hall–Kier alpha value is -4.14. The minimum atomic E-state index is -4.34. The van der Waals surface area contributed by atoms with Crippen LogP contribution in [0, 0.1) is 6.92 Å². The van der Waals surface area contributed by atoms with Crippen LogP contribution in [0.2, 0.25) is 0 Å². The van der Waals surface area contributed by atoms with Crippen molar-refractivity contribution in [2.75, 3.05) is 0 Å². The van der Waals surface area contributed by atoms with Crippen LogP contribution in [0.25, 0.3) is 32.7 Å². The molecule has 0 fully saturated rings. The van der Waals surface area contributed by atoms with Crippen molar-refractivity contribution in [1.29, 1.82) is 0 Å². The number of hydrogen-bond acceptors (Lipinski definition) is 0. The number of nitrogens with one attached hydrogen (secondary N) is 3. The summed E-state index contributed by atoms with van der Waals surface area (Å²) in [6.45, 7) is 25.6. The van der Waals surface area contributed by atoms with Gasteiger partial charge in [0.25, 0.3) is 0 Å². The second-order valence-electron chi connectivity index (χ2n) is 17.8. The highest BCUT2D eigenvalue weighted by Crippen LogP contribution is 2.42. The first-order chi connectivity index (χ1) is 23.5. The molecule has 0 radical (unpaired) electrons. The zero-order valence-corrected chi connectivity index (χ0v) is 32.6. The summed E-state index contributed by atoms with van der Waals surface area (Å²) in [5, 5.41) is 2.58. The van der Waals surface area contributed by atoms with Gasteiger partial charge < -0.3 is 15.0 Å². The third-order valence-electron chi connectivity index (χ3n) is 9.30. The third-order valence-corrected chi connectivity index (χ3v) is 9.30. The molecule has 0 spiro atoms. The van der Waals surface area contributed by atoms with Crippen molar-refractivity contribution >= 4 is 32.7 Å². The van der Waals surface area contributed by atoms with Crippen LogP contribution in [0.4, 0.5) is 26.3 Å². The zero-order valence-electron chi connectivity index (χ0n) is 32.6. The van der Waals surface area contributed by atoms with Gasteiger partial charge in [0.05, 0.1) is 11.1 Å². The maximum atomic E-state index is 13.4. The van der Waals surface area contributed by atoms with Gasteiger partial charge in [0.2, 0.25) is 0 Å². The monoisotopic (exact) mass is 725 g/mol. The van der Waals surface area contributed by atoms with Crippen LogP contribution in [0.3, 0.4) is 0 Å². The standard InChI is InChI=1S/C17H22F3N.C13H14F3N.C13H17N/c1-15(2,3)11-8-14-10(7-12(11)17(18,19)20)13(9-21-14)16(4,5)6;1-12(2,3)9-7-11-8(4-5-17-11)6-10(9)13(14,15)16;1-9-8-14-12-7-10(13(2,3)4)5-6-11(9)12/h7-9,21H,1-6H3;4-7,17H,1-3H3;5-8,14H,1-4H3. The largest absolute Gasteiger partial charge is 0.416 e. The number of aromatic amines is 3. The van der Waals surface area contributed by atoms with Crippen molar-refractivity contribution in [3.8, 4) is 0 Å². The maximum Gasteiger partial charge on any atom is 0.416 e. The lowest BCUT2D eigenvalue weighted by atomic mass is 9.81. The lowest BCUT2D eigenvalue weighted by Crippen LogP contribution is -2.19. The zero-order chi connectivity index (χ0) is 39.4. The summed E-state index contributed by atoms with van der Waals surface area (Å²) in [7, 11) is 0. The van der Waals surface area contributed by atoms with E-state index in [0.29, 0.717) is 21.9 Å². The molecule has 3 nitrogen and oxygen atoms in total. The van der Waals surface area contributed by atoms with Crippen LogP contribution in [0.1, 0.15) is 122 Å². The van der Waals surface area contributed by atoms with Gasteiger partial charge in [-0.1, -0.05) is 95.2 Å². The number of benzene rings is 3. The van der Waals surface area contributed by atoms with E-state index in [1.807, 2.05) is 27.0 Å². The van der Waals surface area contributed by atoms with Crippen LogP contribution >= 0.6 is 0 Å². The lowest BCUT2D eigenvalue weighted by Gasteiger charge is -2.25. The van der Waals surface area contributed by atoms with Gasteiger partial charge in [0.15, 0.2) is 0 Å². The average Bonchev–Trinajstić information content (AvgIpc) is 3.72. The van der Waals surface area contributed by atoms with E-state index in [1.165, 1.54) is 34.2 Å². The molecule has 0 atom stereocenters. The second-order valence-corrected chi connectivity index (χ2v) is 17.8. The molecule has 6 aromatic rings. The molecule has 3 N–H and O–H groups in total. The predicted octanol–water partition coefficient (Wildman–Crippen LogP) is 14.0. The molecule has 0 amide bonds. The Labute approximate surface area is 303 Å². The summed E-state index contributed by atoms with van der Waals surface area (Å²) in [6, 6.07) is 14.1. The van der Waals surface area contributed by atoms with Crippen LogP contribution in [0.5, 0.6) is 0 Å². The molecular formula is C43H53F6N3. The average molecular weight is 726 g/mol. The number of aromatic nitrogens is 3. The summed E-state index contributed by atoms with van der Waals surface area (Å²) in [4.78, 5) is 9.36. The number of fused-ring (bicyclic) bond motifs is 3. The van der Waals surface area contributed by atoms with Gasteiger partial charge in [-0.15, -0.1) is 0 Å². The van der Waals surface area contributed by atoms with E-state index in [4.69, 9.17) is 0 Å². The van der Waals surface area contributed by atoms with Gasteiger partial charge in [-0.3, -0.25) is 0 Å². The quantitative estimate of drug-likeness (QED) is 0.131. The maximum absolute atomic E-state index is 13.4. The molecule has 3 heterocycles. The molecule has 52 heavy (non-hydrogen) atoms. The minimum absolute atomic E-state index is 0.204. The number of H-pyrrole nitrogens is 3. The van der Waals surface area contributed by atoms with E-state index in [1.54, 1.807) is 65.9 Å². The SMILES string of the molecule is CC(C)(C)c1cc2[nH]cc(C(C)(C)C)c2cc1C(F)(F)F.CC(C)(C)c1cc2[nH]ccc2cc1C(F)(F)F.Cc1c[nH]c2cc(C(C)(C)C)ccc12. The fraction of sp³-hybridized carbons (Fsp3) is 0.442. The van der Waals surface area contributed by atoms with E-state index < -0.39 is 34.3 Å². The molecule has 0 saturated heterocycles. The summed E-state index contributed by atoms with van der Waals surface area (Å²) in [5.41, 5.74) is 4.84. The Balaban J connectivity index is 0.000000178. The molecule has 0 aliphatic carbocycles. The van der Waals surface area contributed by atoms with E-state index in [-0.39, 0.29) is 10.8 Å². The van der Waals surface area contributed by atoms with Crippen LogP contribution in [0.15, 0.2) is 67.1 Å². The Morgan fingerprint density at radius 2 is 0.904 bits per heavy atom. The van der Waals surface area contributed by atoms with Crippen molar-refractivity contribution in [2.24, 2.45) is 0 Å². The molecule has 0 aliphatic rings. The van der Waals surface area contributed by atoms with Gasteiger partial charge in [-0.2, -0.15) is 26.3 Å². The molecule has 0 bridgehead atoms. The second kappa shape index (κ2) is 13.7. The van der Waals surface area contributed by atoms with E-state index in [9.17, 15) is 26.3 Å². The summed E-state index contributed by atoms with van der Waals surface area (Å²) < 4.78 is 79.3. The van der Waals surface area contributed by atoms with Gasteiger partial charge in [-0.25, -0.2) is 0 Å². The Morgan fingerprint density at radius 3 is 1.40 bits per heavy atom. The van der Waals surface area contributed by atoms with Crippen molar-refractivity contribution < 1.29 is 26.3 Å². The normalized spacial score (nSPS) is 13.3. The van der Waals surface area contributed by atoms with Gasteiger partial charge >= 0.3 is 12.4 Å². The van der Waals surface area contributed by atoms with E-state index in [2.05, 4.69) is 67.0 Å². The van der Waals surface area contributed by atoms with Crippen molar-refractivity contribution in [1.82, 2.24) is 15.0 Å². The molecular weight excluding hydrogens is 672 g/mol. The topological polar surface area (TPSA) is 47.4 Å². The molecule has 0 saturated carbocycles. The molecule has 3 aromatic carbocycles. The van der Waals surface area contributed by atoms with Crippen molar-refractivity contribution in [3.05, 3.63) is 106 Å².